The fourth-order valence-corrected chi connectivity index (χ4v) is 3.89. The molecule has 6 heteroatoms. The summed E-state index contributed by atoms with van der Waals surface area (Å²) in [4.78, 5) is 16.5. The van der Waals surface area contributed by atoms with E-state index in [1.807, 2.05) is 29.2 Å². The maximum atomic E-state index is 12.3. The first-order chi connectivity index (χ1) is 11.0. The second-order valence-corrected chi connectivity index (χ2v) is 7.58. The van der Waals surface area contributed by atoms with Gasteiger partial charge >= 0.3 is 0 Å². The number of hydrogen-bond acceptors (Lipinski definition) is 4. The third kappa shape index (κ3) is 5.99. The summed E-state index contributed by atoms with van der Waals surface area (Å²) in [6, 6.07) is 8.05. The first-order valence-electron chi connectivity index (χ1n) is 7.98. The van der Waals surface area contributed by atoms with Gasteiger partial charge in [0.25, 0.3) is 0 Å². The number of thioether (sulfide) groups is 1. The van der Waals surface area contributed by atoms with Crippen molar-refractivity contribution in [1.29, 1.82) is 0 Å². The monoisotopic (exact) mass is 356 g/mol. The summed E-state index contributed by atoms with van der Waals surface area (Å²) < 4.78 is 0. The molecule has 2 atom stereocenters. The van der Waals surface area contributed by atoms with Gasteiger partial charge in [-0.05, 0) is 31.5 Å². The van der Waals surface area contributed by atoms with Crippen LogP contribution in [0.15, 0.2) is 24.3 Å². The van der Waals surface area contributed by atoms with Crippen LogP contribution in [-0.2, 0) is 10.5 Å². The van der Waals surface area contributed by atoms with E-state index in [0.717, 1.165) is 36.0 Å². The van der Waals surface area contributed by atoms with Gasteiger partial charge in [-0.1, -0.05) is 23.7 Å². The number of hydrogen-bond donors (Lipinski definition) is 1. The van der Waals surface area contributed by atoms with Crippen molar-refractivity contribution in [2.45, 2.75) is 31.7 Å². The molecule has 1 fully saturated rings. The first-order valence-corrected chi connectivity index (χ1v) is 9.51. The predicted octanol–water partition coefficient (Wildman–Crippen LogP) is 2.49. The van der Waals surface area contributed by atoms with E-state index in [9.17, 15) is 9.90 Å². The number of halogens is 1. The molecule has 1 amide bonds. The lowest BCUT2D eigenvalue weighted by atomic mass is 10.1. The van der Waals surface area contributed by atoms with E-state index in [1.54, 1.807) is 18.7 Å². The Labute approximate surface area is 147 Å². The number of rotatable bonds is 6. The van der Waals surface area contributed by atoms with Crippen molar-refractivity contribution in [2.24, 2.45) is 0 Å². The molecule has 1 saturated heterocycles. The molecule has 1 aliphatic rings. The molecule has 0 unspecified atom stereocenters. The van der Waals surface area contributed by atoms with Gasteiger partial charge < -0.3 is 10.0 Å². The molecule has 1 N–H and O–H groups in total. The van der Waals surface area contributed by atoms with Crippen molar-refractivity contribution >= 4 is 29.3 Å². The molecule has 0 aliphatic carbocycles. The van der Waals surface area contributed by atoms with Crippen LogP contribution in [-0.4, -0.2) is 64.9 Å². The molecular formula is C17H25ClN2O2S. The molecule has 1 aromatic rings. The summed E-state index contributed by atoms with van der Waals surface area (Å²) in [7, 11) is 0. The number of carbonyl (C=O) groups excluding carboxylic acids is 1. The molecule has 128 valence electrons. The van der Waals surface area contributed by atoms with Gasteiger partial charge in [-0.2, -0.15) is 0 Å². The number of aliphatic hydroxyl groups is 1. The molecule has 2 rings (SSSR count). The molecule has 0 spiro atoms. The quantitative estimate of drug-likeness (QED) is 0.850. The van der Waals surface area contributed by atoms with E-state index in [0.29, 0.717) is 18.3 Å². The Bertz CT molecular complexity index is 527. The Balaban J connectivity index is 1.74. The number of nitrogens with zero attached hydrogens (tertiary/aromatic N) is 2. The molecule has 0 radical (unpaired) electrons. The Morgan fingerprint density at radius 1 is 1.48 bits per heavy atom. The summed E-state index contributed by atoms with van der Waals surface area (Å²) in [5.41, 5.74) is 1.14. The van der Waals surface area contributed by atoms with Crippen molar-refractivity contribution in [3.63, 3.8) is 0 Å². The highest BCUT2D eigenvalue weighted by atomic mass is 35.5. The van der Waals surface area contributed by atoms with Gasteiger partial charge in [0, 0.05) is 43.0 Å². The number of benzene rings is 1. The van der Waals surface area contributed by atoms with Crippen molar-refractivity contribution in [3.05, 3.63) is 34.9 Å². The Morgan fingerprint density at radius 2 is 2.26 bits per heavy atom. The fraction of sp³-hybridized carbons (Fsp3) is 0.588. The van der Waals surface area contributed by atoms with Crippen LogP contribution >= 0.6 is 23.4 Å². The Hall–Kier alpha value is -0.750. The largest absolute Gasteiger partial charge is 0.392 e. The average molecular weight is 357 g/mol. The van der Waals surface area contributed by atoms with Crippen molar-refractivity contribution in [2.75, 3.05) is 31.9 Å². The Morgan fingerprint density at radius 3 is 2.91 bits per heavy atom. The summed E-state index contributed by atoms with van der Waals surface area (Å²) in [6.45, 7) is 6.90. The maximum Gasteiger partial charge on any atom is 0.232 e. The molecule has 0 aromatic heterocycles. The summed E-state index contributed by atoms with van der Waals surface area (Å²) in [5.74, 6) is 1.49. The van der Waals surface area contributed by atoms with Crippen LogP contribution in [0.3, 0.4) is 0 Å². The molecule has 0 bridgehead atoms. The van der Waals surface area contributed by atoms with E-state index >= 15 is 0 Å². The van der Waals surface area contributed by atoms with E-state index in [-0.39, 0.29) is 12.0 Å². The van der Waals surface area contributed by atoms with Crippen LogP contribution in [0.25, 0.3) is 0 Å². The van der Waals surface area contributed by atoms with E-state index in [4.69, 9.17) is 11.6 Å². The molecule has 1 aliphatic heterocycles. The van der Waals surface area contributed by atoms with Crippen LogP contribution in [0.2, 0.25) is 5.02 Å². The lowest BCUT2D eigenvalue weighted by Gasteiger charge is -2.40. The Kier molecular flexibility index (Phi) is 7.21. The van der Waals surface area contributed by atoms with Crippen LogP contribution in [0.5, 0.6) is 0 Å². The lowest BCUT2D eigenvalue weighted by Crippen LogP contribution is -2.55. The third-order valence-corrected chi connectivity index (χ3v) is 5.22. The van der Waals surface area contributed by atoms with E-state index < -0.39 is 0 Å². The number of amides is 1. The highest BCUT2D eigenvalue weighted by molar-refractivity contribution is 7.99. The average Bonchev–Trinajstić information content (AvgIpc) is 2.49. The molecule has 0 saturated carbocycles. The number of piperazine rings is 1. The van der Waals surface area contributed by atoms with Crippen molar-refractivity contribution in [1.82, 2.24) is 9.80 Å². The second-order valence-electron chi connectivity index (χ2n) is 6.16. The standard InChI is InChI=1S/C17H25ClN2O2S/c1-13-9-20(7-6-19(13)10-14(2)21)17(22)12-23-11-15-4-3-5-16(18)8-15/h3-5,8,13-14,21H,6-7,9-12H2,1-2H3/t13-,14-/m1/s1. The second kappa shape index (κ2) is 8.92. The normalized spacial score (nSPS) is 20.5. The fourth-order valence-electron chi connectivity index (χ4n) is 2.81. The summed E-state index contributed by atoms with van der Waals surface area (Å²) in [5, 5.41) is 10.2. The predicted molar refractivity (Wildman–Crippen MR) is 96.9 cm³/mol. The van der Waals surface area contributed by atoms with Gasteiger partial charge in [0.2, 0.25) is 5.91 Å². The smallest absolute Gasteiger partial charge is 0.232 e. The van der Waals surface area contributed by atoms with Gasteiger partial charge in [-0.25, -0.2) is 0 Å². The van der Waals surface area contributed by atoms with E-state index in [1.165, 1.54) is 0 Å². The summed E-state index contributed by atoms with van der Waals surface area (Å²) in [6.07, 6.45) is -0.326. The third-order valence-electron chi connectivity index (χ3n) is 4.00. The topological polar surface area (TPSA) is 43.8 Å². The van der Waals surface area contributed by atoms with Gasteiger partial charge in [0.1, 0.15) is 0 Å². The van der Waals surface area contributed by atoms with Gasteiger partial charge in [0.05, 0.1) is 11.9 Å². The van der Waals surface area contributed by atoms with Crippen molar-refractivity contribution in [3.8, 4) is 0 Å². The maximum absolute atomic E-state index is 12.3. The zero-order valence-corrected chi connectivity index (χ0v) is 15.3. The number of aliphatic hydroxyl groups excluding tert-OH is 1. The lowest BCUT2D eigenvalue weighted by molar-refractivity contribution is -0.131. The van der Waals surface area contributed by atoms with Gasteiger partial charge in [0.15, 0.2) is 0 Å². The van der Waals surface area contributed by atoms with Gasteiger partial charge in [-0.3, -0.25) is 9.69 Å². The number of carbonyl (C=O) groups is 1. The van der Waals surface area contributed by atoms with Crippen LogP contribution in [0, 0.1) is 0 Å². The van der Waals surface area contributed by atoms with Crippen LogP contribution in [0.4, 0.5) is 0 Å². The van der Waals surface area contributed by atoms with E-state index in [2.05, 4.69) is 11.8 Å². The highest BCUT2D eigenvalue weighted by Crippen LogP contribution is 2.18. The molecule has 1 aromatic carbocycles. The zero-order chi connectivity index (χ0) is 16.8. The number of β-amino-alcohol motifs (C(OH)–C–C–N with tert-alkyl or cyclic N) is 1. The minimum absolute atomic E-state index is 0.195. The molecular weight excluding hydrogens is 332 g/mol. The minimum Gasteiger partial charge on any atom is -0.392 e. The molecule has 1 heterocycles. The first kappa shape index (κ1) is 18.6. The van der Waals surface area contributed by atoms with Crippen molar-refractivity contribution < 1.29 is 9.90 Å². The van der Waals surface area contributed by atoms with Crippen LogP contribution < -0.4 is 0 Å². The minimum atomic E-state index is -0.326. The zero-order valence-electron chi connectivity index (χ0n) is 13.7. The van der Waals surface area contributed by atoms with Gasteiger partial charge in [-0.15, -0.1) is 11.8 Å². The SMILES string of the molecule is C[C@@H]1CN(C(=O)CSCc2cccc(Cl)c2)CCN1C[C@@H](C)O. The van der Waals surface area contributed by atoms with Crippen LogP contribution in [0.1, 0.15) is 19.4 Å². The molecule has 23 heavy (non-hydrogen) atoms. The summed E-state index contributed by atoms with van der Waals surface area (Å²) >= 11 is 7.59. The molecule has 4 nitrogen and oxygen atoms in total. The highest BCUT2D eigenvalue weighted by Gasteiger charge is 2.26.